The predicted octanol–water partition coefficient (Wildman–Crippen LogP) is 1.43. The van der Waals surface area contributed by atoms with Crippen LogP contribution in [0.4, 0.5) is 0 Å². The van der Waals surface area contributed by atoms with E-state index in [1.54, 1.807) is 0 Å². The third-order valence-corrected chi connectivity index (χ3v) is 5.76. The Morgan fingerprint density at radius 2 is 1.75 bits per heavy atom. The van der Waals surface area contributed by atoms with Crippen molar-refractivity contribution in [2.75, 3.05) is 5.75 Å². The van der Waals surface area contributed by atoms with Crippen LogP contribution in [0.15, 0.2) is 30.3 Å². The Labute approximate surface area is 121 Å². The highest BCUT2D eigenvalue weighted by atomic mass is 32.2. The van der Waals surface area contributed by atoms with Gasteiger partial charge in [0.05, 0.1) is 5.75 Å². The van der Waals surface area contributed by atoms with Crippen molar-refractivity contribution in [2.24, 2.45) is 0 Å². The highest BCUT2D eigenvalue weighted by molar-refractivity contribution is 7.89. The van der Waals surface area contributed by atoms with Crippen molar-refractivity contribution in [3.8, 4) is 0 Å². The summed E-state index contributed by atoms with van der Waals surface area (Å²) in [6, 6.07) is 10.9. The van der Waals surface area contributed by atoms with Gasteiger partial charge in [0.1, 0.15) is 0 Å². The van der Waals surface area contributed by atoms with Crippen molar-refractivity contribution in [3.05, 3.63) is 35.9 Å². The summed E-state index contributed by atoms with van der Waals surface area (Å²) in [6.45, 7) is 0. The summed E-state index contributed by atoms with van der Waals surface area (Å²) >= 11 is 0. The van der Waals surface area contributed by atoms with Crippen molar-refractivity contribution in [1.82, 2.24) is 10.0 Å². The third kappa shape index (κ3) is 3.59. The van der Waals surface area contributed by atoms with Gasteiger partial charge in [0.2, 0.25) is 10.0 Å². The van der Waals surface area contributed by atoms with Crippen molar-refractivity contribution >= 4 is 10.0 Å². The van der Waals surface area contributed by atoms with Crippen molar-refractivity contribution in [1.29, 1.82) is 0 Å². The summed E-state index contributed by atoms with van der Waals surface area (Å²) in [5, 5.41) is 3.53. The largest absolute Gasteiger partial charge is 0.311 e. The number of benzene rings is 1. The molecule has 2 aliphatic rings. The van der Waals surface area contributed by atoms with Gasteiger partial charge in [-0.3, -0.25) is 0 Å². The summed E-state index contributed by atoms with van der Waals surface area (Å²) in [7, 11) is -3.18. The fourth-order valence-corrected chi connectivity index (χ4v) is 4.69. The normalized spacial score (nSPS) is 29.5. The Balaban J connectivity index is 1.53. The minimum absolute atomic E-state index is 0.120. The fourth-order valence-electron chi connectivity index (χ4n) is 3.36. The number of nitrogens with one attached hydrogen (secondary N) is 2. The lowest BCUT2D eigenvalue weighted by atomic mass is 10.0. The molecule has 3 rings (SSSR count). The molecule has 2 bridgehead atoms. The molecule has 0 aliphatic carbocycles. The van der Waals surface area contributed by atoms with E-state index in [1.807, 2.05) is 30.3 Å². The molecule has 0 spiro atoms. The summed E-state index contributed by atoms with van der Waals surface area (Å²) in [5.74, 6) is 0.177. The van der Waals surface area contributed by atoms with Gasteiger partial charge in [0, 0.05) is 18.1 Å². The minimum Gasteiger partial charge on any atom is -0.311 e. The van der Waals surface area contributed by atoms with E-state index in [2.05, 4.69) is 10.0 Å². The number of aryl methyl sites for hydroxylation is 1. The Bertz CT molecular complexity index is 532. The van der Waals surface area contributed by atoms with Crippen molar-refractivity contribution < 1.29 is 8.42 Å². The van der Waals surface area contributed by atoms with E-state index >= 15 is 0 Å². The second-order valence-electron chi connectivity index (χ2n) is 5.98. The molecule has 110 valence electrons. The zero-order chi connectivity index (χ0) is 14.0. The van der Waals surface area contributed by atoms with Gasteiger partial charge in [-0.1, -0.05) is 30.3 Å². The minimum atomic E-state index is -3.18. The van der Waals surface area contributed by atoms with E-state index in [0.29, 0.717) is 18.5 Å². The van der Waals surface area contributed by atoms with E-state index in [4.69, 9.17) is 0 Å². The molecule has 20 heavy (non-hydrogen) atoms. The molecule has 1 aromatic rings. The van der Waals surface area contributed by atoms with E-state index in [1.165, 1.54) is 12.8 Å². The molecular formula is C15H22N2O2S. The molecule has 2 fully saturated rings. The molecule has 2 unspecified atom stereocenters. The van der Waals surface area contributed by atoms with Crippen LogP contribution in [0.25, 0.3) is 0 Å². The van der Waals surface area contributed by atoms with Gasteiger partial charge in [-0.15, -0.1) is 0 Å². The number of rotatable bonds is 5. The molecular weight excluding hydrogens is 272 g/mol. The summed E-state index contributed by atoms with van der Waals surface area (Å²) in [5.41, 5.74) is 1.07. The smallest absolute Gasteiger partial charge is 0.212 e. The molecule has 2 saturated heterocycles. The molecule has 1 aromatic carbocycles. The molecule has 2 atom stereocenters. The first-order valence-electron chi connectivity index (χ1n) is 7.41. The molecule has 2 heterocycles. The Kier molecular flexibility index (Phi) is 4.10. The van der Waals surface area contributed by atoms with Crippen LogP contribution in [0.5, 0.6) is 0 Å². The quantitative estimate of drug-likeness (QED) is 0.864. The number of hydrogen-bond donors (Lipinski definition) is 2. The average Bonchev–Trinajstić information content (AvgIpc) is 2.77. The molecule has 0 amide bonds. The first-order chi connectivity index (χ1) is 9.61. The molecule has 0 aromatic heterocycles. The van der Waals surface area contributed by atoms with Crippen molar-refractivity contribution in [3.63, 3.8) is 0 Å². The van der Waals surface area contributed by atoms with Gasteiger partial charge in [-0.05, 0) is 37.7 Å². The van der Waals surface area contributed by atoms with Gasteiger partial charge in [-0.25, -0.2) is 13.1 Å². The van der Waals surface area contributed by atoms with Crippen LogP contribution in [0.2, 0.25) is 0 Å². The predicted molar refractivity (Wildman–Crippen MR) is 80.0 cm³/mol. The Hall–Kier alpha value is -0.910. The van der Waals surface area contributed by atoms with E-state index in [9.17, 15) is 8.42 Å². The maximum atomic E-state index is 12.2. The molecule has 0 radical (unpaired) electrons. The highest BCUT2D eigenvalue weighted by Gasteiger charge is 2.34. The Morgan fingerprint density at radius 1 is 1.10 bits per heavy atom. The molecule has 4 nitrogen and oxygen atoms in total. The average molecular weight is 294 g/mol. The van der Waals surface area contributed by atoms with Crippen LogP contribution in [-0.4, -0.2) is 32.3 Å². The lowest BCUT2D eigenvalue weighted by Gasteiger charge is -2.29. The van der Waals surface area contributed by atoms with E-state index in [0.717, 1.165) is 18.4 Å². The maximum absolute atomic E-state index is 12.2. The van der Waals surface area contributed by atoms with Gasteiger partial charge >= 0.3 is 0 Å². The van der Waals surface area contributed by atoms with Crippen LogP contribution >= 0.6 is 0 Å². The summed E-state index contributed by atoms with van der Waals surface area (Å²) in [6.07, 6.45) is 4.82. The fraction of sp³-hybridized carbons (Fsp3) is 0.600. The topological polar surface area (TPSA) is 58.2 Å². The van der Waals surface area contributed by atoms with Crippen molar-refractivity contribution in [2.45, 2.75) is 50.2 Å². The van der Waals surface area contributed by atoms with Crippen LogP contribution in [0.3, 0.4) is 0 Å². The van der Waals surface area contributed by atoms with Gasteiger partial charge in [0.25, 0.3) is 0 Å². The molecule has 5 heteroatoms. The van der Waals surface area contributed by atoms with Gasteiger partial charge in [0.15, 0.2) is 0 Å². The molecule has 2 N–H and O–H groups in total. The maximum Gasteiger partial charge on any atom is 0.212 e. The lowest BCUT2D eigenvalue weighted by Crippen LogP contribution is -2.48. The first kappa shape index (κ1) is 14.0. The number of fused-ring (bicyclic) bond motifs is 2. The zero-order valence-corrected chi connectivity index (χ0v) is 12.4. The molecule has 2 aliphatic heterocycles. The van der Waals surface area contributed by atoms with Gasteiger partial charge < -0.3 is 5.32 Å². The van der Waals surface area contributed by atoms with E-state index in [-0.39, 0.29) is 11.8 Å². The van der Waals surface area contributed by atoms with Crippen LogP contribution in [0.1, 0.15) is 31.2 Å². The van der Waals surface area contributed by atoms with E-state index < -0.39 is 10.0 Å². The Morgan fingerprint density at radius 3 is 2.40 bits per heavy atom. The second-order valence-corrected chi connectivity index (χ2v) is 7.85. The summed E-state index contributed by atoms with van der Waals surface area (Å²) in [4.78, 5) is 0. The zero-order valence-electron chi connectivity index (χ0n) is 11.6. The number of sulfonamides is 1. The standard InChI is InChI=1S/C15H22N2O2S/c18-20(19,9-8-12-4-2-1-3-5-12)17-15-10-13-6-7-14(11-15)16-13/h1-5,13-17H,6-11H2. The number of hydrogen-bond acceptors (Lipinski definition) is 3. The third-order valence-electron chi connectivity index (χ3n) is 4.32. The lowest BCUT2D eigenvalue weighted by molar-refractivity contribution is 0.345. The summed E-state index contributed by atoms with van der Waals surface area (Å²) < 4.78 is 27.2. The second kappa shape index (κ2) is 5.84. The van der Waals surface area contributed by atoms with Gasteiger partial charge in [-0.2, -0.15) is 0 Å². The SMILES string of the molecule is O=S(=O)(CCc1ccccc1)NC1CC2CCC(C1)N2. The monoisotopic (exact) mass is 294 g/mol. The highest BCUT2D eigenvalue weighted by Crippen LogP contribution is 2.27. The van der Waals surface area contributed by atoms with Crippen LogP contribution in [-0.2, 0) is 16.4 Å². The van der Waals surface area contributed by atoms with Crippen LogP contribution < -0.4 is 10.0 Å². The van der Waals surface area contributed by atoms with Crippen LogP contribution in [0, 0.1) is 0 Å². The number of piperidine rings is 1. The molecule has 0 saturated carbocycles. The first-order valence-corrected chi connectivity index (χ1v) is 9.06.